The van der Waals surface area contributed by atoms with E-state index in [1.54, 1.807) is 6.07 Å². The van der Waals surface area contributed by atoms with Crippen molar-refractivity contribution in [1.29, 1.82) is 0 Å². The van der Waals surface area contributed by atoms with E-state index in [0.717, 1.165) is 26.2 Å². The Morgan fingerprint density at radius 2 is 2.00 bits per heavy atom. The summed E-state index contributed by atoms with van der Waals surface area (Å²) in [5.41, 5.74) is 3.97. The molecule has 0 atom stereocenters. The third-order valence-corrected chi connectivity index (χ3v) is 3.60. The van der Waals surface area contributed by atoms with Crippen LogP contribution in [0.1, 0.15) is 0 Å². The van der Waals surface area contributed by atoms with Gasteiger partial charge >= 0.3 is 0 Å². The number of aromatic nitrogens is 2. The first-order valence-corrected chi connectivity index (χ1v) is 6.73. The molecule has 21 heavy (non-hydrogen) atoms. The molecule has 0 saturated carbocycles. The molecule has 3 rings (SSSR count). The molecule has 110 valence electrons. The van der Waals surface area contributed by atoms with Crippen LogP contribution in [0.25, 0.3) is 10.9 Å². The summed E-state index contributed by atoms with van der Waals surface area (Å²) >= 11 is 0. The van der Waals surface area contributed by atoms with Gasteiger partial charge in [-0.1, -0.05) is 0 Å². The van der Waals surface area contributed by atoms with Crippen molar-refractivity contribution in [2.45, 2.75) is 0 Å². The van der Waals surface area contributed by atoms with Crippen LogP contribution in [0.2, 0.25) is 0 Å². The zero-order chi connectivity index (χ0) is 14.8. The van der Waals surface area contributed by atoms with Gasteiger partial charge in [-0.3, -0.25) is 10.1 Å². The van der Waals surface area contributed by atoms with Gasteiger partial charge in [0.05, 0.1) is 15.8 Å². The van der Waals surface area contributed by atoms with Gasteiger partial charge in [-0.15, -0.1) is 0 Å². The average molecular weight is 288 g/mol. The Morgan fingerprint density at radius 3 is 2.71 bits per heavy atom. The number of likely N-dealkylation sites (N-methyl/N-ethyl adjacent to an activating group) is 1. The number of rotatable bonds is 3. The molecule has 1 aliphatic rings. The predicted molar refractivity (Wildman–Crippen MR) is 78.9 cm³/mol. The Kier molecular flexibility index (Phi) is 3.63. The fourth-order valence-corrected chi connectivity index (χ4v) is 2.32. The smallest absolute Gasteiger partial charge is 0.270 e. The summed E-state index contributed by atoms with van der Waals surface area (Å²) in [7, 11) is 2.08. The molecule has 8 nitrogen and oxygen atoms in total. The summed E-state index contributed by atoms with van der Waals surface area (Å²) in [6, 6.07) is 4.60. The first kappa shape index (κ1) is 13.7. The van der Waals surface area contributed by atoms with Crippen molar-refractivity contribution >= 4 is 22.4 Å². The van der Waals surface area contributed by atoms with Crippen LogP contribution >= 0.6 is 0 Å². The third kappa shape index (κ3) is 2.91. The second-order valence-corrected chi connectivity index (χ2v) is 5.08. The monoisotopic (exact) mass is 288 g/mol. The molecule has 1 aromatic heterocycles. The fraction of sp³-hybridized carbons (Fsp3) is 0.385. The molecule has 1 saturated heterocycles. The number of nitrogens with one attached hydrogen (secondary N) is 1. The van der Waals surface area contributed by atoms with Gasteiger partial charge in [-0.05, 0) is 13.1 Å². The van der Waals surface area contributed by atoms with Gasteiger partial charge < -0.3 is 10.3 Å². The number of piperazine rings is 1. The van der Waals surface area contributed by atoms with Crippen LogP contribution in [0.15, 0.2) is 24.5 Å². The lowest BCUT2D eigenvalue weighted by Gasteiger charge is -2.32. The van der Waals surface area contributed by atoms with E-state index in [2.05, 4.69) is 32.4 Å². The van der Waals surface area contributed by atoms with E-state index in [-0.39, 0.29) is 5.69 Å². The number of fused-ring (bicyclic) bond motifs is 1. The quantitative estimate of drug-likeness (QED) is 0.668. The molecule has 0 aliphatic carbocycles. The fourth-order valence-electron chi connectivity index (χ4n) is 2.32. The lowest BCUT2D eigenvalue weighted by atomic mass is 10.2. The highest BCUT2D eigenvalue weighted by Gasteiger charge is 2.16. The molecule has 8 heteroatoms. The molecule has 0 spiro atoms. The Hall–Kier alpha value is -2.32. The lowest BCUT2D eigenvalue weighted by molar-refractivity contribution is -0.384. The van der Waals surface area contributed by atoms with E-state index >= 15 is 0 Å². The minimum Gasteiger partial charge on any atom is -0.304 e. The molecule has 1 aromatic carbocycles. The Labute approximate surface area is 121 Å². The summed E-state index contributed by atoms with van der Waals surface area (Å²) in [5.74, 6) is 0.605. The SMILES string of the molecule is CN1CCN(Nc2ncnc3ccc([N+](=O)[O-])cc23)CC1. The van der Waals surface area contributed by atoms with E-state index in [1.807, 2.05) is 0 Å². The van der Waals surface area contributed by atoms with Crippen LogP contribution in [0, 0.1) is 10.1 Å². The van der Waals surface area contributed by atoms with Crippen molar-refractivity contribution in [1.82, 2.24) is 19.9 Å². The summed E-state index contributed by atoms with van der Waals surface area (Å²) in [5, 5.41) is 13.6. The Bertz CT molecular complexity index is 669. The largest absolute Gasteiger partial charge is 0.304 e. The van der Waals surface area contributed by atoms with Crippen molar-refractivity contribution in [3.8, 4) is 0 Å². The van der Waals surface area contributed by atoms with Crippen molar-refractivity contribution in [3.63, 3.8) is 0 Å². The molecule has 0 unspecified atom stereocenters. The minimum atomic E-state index is -0.411. The summed E-state index contributed by atoms with van der Waals surface area (Å²) in [6.45, 7) is 3.68. The van der Waals surface area contributed by atoms with Crippen LogP contribution in [-0.4, -0.2) is 58.0 Å². The van der Waals surface area contributed by atoms with Crippen LogP contribution < -0.4 is 5.43 Å². The molecule has 1 aliphatic heterocycles. The Morgan fingerprint density at radius 1 is 1.24 bits per heavy atom. The predicted octanol–water partition coefficient (Wildman–Crippen LogP) is 1.11. The zero-order valence-electron chi connectivity index (χ0n) is 11.7. The second-order valence-electron chi connectivity index (χ2n) is 5.08. The number of nitro benzene ring substituents is 1. The molecular weight excluding hydrogens is 272 g/mol. The average Bonchev–Trinajstić information content (AvgIpc) is 2.49. The first-order valence-electron chi connectivity index (χ1n) is 6.73. The molecule has 1 fully saturated rings. The topological polar surface area (TPSA) is 87.4 Å². The zero-order valence-corrected chi connectivity index (χ0v) is 11.7. The molecule has 0 bridgehead atoms. The van der Waals surface area contributed by atoms with Crippen LogP contribution in [0.5, 0.6) is 0 Å². The van der Waals surface area contributed by atoms with Gasteiger partial charge in [0.2, 0.25) is 0 Å². The lowest BCUT2D eigenvalue weighted by Crippen LogP contribution is -2.47. The van der Waals surface area contributed by atoms with Gasteiger partial charge in [-0.2, -0.15) is 0 Å². The van der Waals surface area contributed by atoms with E-state index in [0.29, 0.717) is 16.7 Å². The standard InChI is InChI=1S/C13H16N6O2/c1-17-4-6-18(7-5-17)16-13-11-8-10(19(20)21)2-3-12(11)14-9-15-13/h2-3,8-9H,4-7H2,1H3,(H,14,15,16). The van der Waals surface area contributed by atoms with Crippen LogP contribution in [-0.2, 0) is 0 Å². The molecule has 1 N–H and O–H groups in total. The maximum Gasteiger partial charge on any atom is 0.270 e. The second kappa shape index (κ2) is 5.58. The maximum absolute atomic E-state index is 10.9. The molecule has 0 amide bonds. The van der Waals surface area contributed by atoms with E-state index < -0.39 is 4.92 Å². The summed E-state index contributed by atoms with van der Waals surface area (Å²) in [6.07, 6.45) is 1.46. The van der Waals surface area contributed by atoms with Crippen molar-refractivity contribution < 1.29 is 4.92 Å². The molecule has 2 aromatic rings. The number of nitrogens with zero attached hydrogens (tertiary/aromatic N) is 5. The van der Waals surface area contributed by atoms with E-state index in [4.69, 9.17) is 0 Å². The highest BCUT2D eigenvalue weighted by molar-refractivity contribution is 5.90. The number of non-ortho nitro benzene ring substituents is 1. The van der Waals surface area contributed by atoms with Gasteiger partial charge in [-0.25, -0.2) is 15.0 Å². The molecule has 2 heterocycles. The number of hydrogen-bond acceptors (Lipinski definition) is 7. The van der Waals surface area contributed by atoms with E-state index in [9.17, 15) is 10.1 Å². The number of nitro groups is 1. The number of hydrogen-bond donors (Lipinski definition) is 1. The van der Waals surface area contributed by atoms with Gasteiger partial charge in [0.15, 0.2) is 5.82 Å². The van der Waals surface area contributed by atoms with Crippen molar-refractivity contribution in [2.24, 2.45) is 0 Å². The number of anilines is 1. The van der Waals surface area contributed by atoms with Crippen molar-refractivity contribution in [2.75, 3.05) is 38.7 Å². The number of benzene rings is 1. The molecular formula is C13H16N6O2. The van der Waals surface area contributed by atoms with Crippen molar-refractivity contribution in [3.05, 3.63) is 34.6 Å². The maximum atomic E-state index is 10.9. The van der Waals surface area contributed by atoms with E-state index in [1.165, 1.54) is 18.5 Å². The van der Waals surface area contributed by atoms with Gasteiger partial charge in [0.25, 0.3) is 5.69 Å². The van der Waals surface area contributed by atoms with Crippen LogP contribution in [0.3, 0.4) is 0 Å². The molecule has 0 radical (unpaired) electrons. The highest BCUT2D eigenvalue weighted by Crippen LogP contribution is 2.24. The van der Waals surface area contributed by atoms with Gasteiger partial charge in [0.1, 0.15) is 6.33 Å². The number of hydrazine groups is 1. The third-order valence-electron chi connectivity index (χ3n) is 3.60. The normalized spacial score (nSPS) is 17.0. The Balaban J connectivity index is 1.90. The first-order chi connectivity index (χ1) is 10.1. The summed E-state index contributed by atoms with van der Waals surface area (Å²) in [4.78, 5) is 21.1. The summed E-state index contributed by atoms with van der Waals surface area (Å²) < 4.78 is 0. The van der Waals surface area contributed by atoms with Gasteiger partial charge in [0, 0.05) is 38.3 Å². The minimum absolute atomic E-state index is 0.0405. The highest BCUT2D eigenvalue weighted by atomic mass is 16.6. The van der Waals surface area contributed by atoms with Crippen LogP contribution in [0.4, 0.5) is 11.5 Å².